The normalized spacial score (nSPS) is 10.4. The Morgan fingerprint density at radius 1 is 1.21 bits per heavy atom. The Hall–Kier alpha value is -2.17. The van der Waals surface area contributed by atoms with E-state index in [0.717, 1.165) is 22.9 Å². The van der Waals surface area contributed by atoms with E-state index in [1.54, 1.807) is 6.07 Å². The molecule has 1 aromatic carbocycles. The first-order valence-electron chi connectivity index (χ1n) is 6.05. The molecule has 0 aliphatic heterocycles. The molecule has 1 heterocycles. The summed E-state index contributed by atoms with van der Waals surface area (Å²) >= 11 is 0. The van der Waals surface area contributed by atoms with Gasteiger partial charge >= 0.3 is 0 Å². The van der Waals surface area contributed by atoms with Gasteiger partial charge in [0.1, 0.15) is 23.3 Å². The molecule has 100 valence electrons. The third kappa shape index (κ3) is 2.65. The van der Waals surface area contributed by atoms with E-state index < -0.39 is 0 Å². The SMILES string of the molecule is CNc1nc(C)nc(N(C)c2cccc(F)c2)c1C. The number of rotatable bonds is 3. The number of aryl methyl sites for hydroxylation is 1. The number of hydrogen-bond acceptors (Lipinski definition) is 4. The number of nitrogens with zero attached hydrogens (tertiary/aromatic N) is 3. The maximum Gasteiger partial charge on any atom is 0.141 e. The van der Waals surface area contributed by atoms with Crippen molar-refractivity contribution in [2.45, 2.75) is 13.8 Å². The van der Waals surface area contributed by atoms with Crippen LogP contribution in [0.25, 0.3) is 0 Å². The summed E-state index contributed by atoms with van der Waals surface area (Å²) in [5.41, 5.74) is 1.68. The molecule has 4 nitrogen and oxygen atoms in total. The molecule has 2 rings (SSSR count). The molecule has 0 saturated heterocycles. The van der Waals surface area contributed by atoms with Gasteiger partial charge < -0.3 is 10.2 Å². The summed E-state index contributed by atoms with van der Waals surface area (Å²) < 4.78 is 13.3. The molecule has 0 aliphatic carbocycles. The van der Waals surface area contributed by atoms with Crippen LogP contribution in [0, 0.1) is 19.7 Å². The summed E-state index contributed by atoms with van der Waals surface area (Å²) in [6.45, 7) is 3.78. The van der Waals surface area contributed by atoms with Gasteiger partial charge in [-0.25, -0.2) is 14.4 Å². The van der Waals surface area contributed by atoms with Gasteiger partial charge in [0.2, 0.25) is 0 Å². The van der Waals surface area contributed by atoms with Crippen molar-refractivity contribution in [3.05, 3.63) is 41.5 Å². The molecule has 0 spiro atoms. The Balaban J connectivity index is 2.49. The molecule has 0 radical (unpaired) electrons. The van der Waals surface area contributed by atoms with E-state index in [9.17, 15) is 4.39 Å². The molecule has 0 atom stereocenters. The zero-order valence-corrected chi connectivity index (χ0v) is 11.5. The van der Waals surface area contributed by atoms with Crippen molar-refractivity contribution in [3.63, 3.8) is 0 Å². The fourth-order valence-electron chi connectivity index (χ4n) is 1.99. The van der Waals surface area contributed by atoms with Crippen LogP contribution in [-0.4, -0.2) is 24.1 Å². The first-order chi connectivity index (χ1) is 9.02. The van der Waals surface area contributed by atoms with Crippen LogP contribution < -0.4 is 10.2 Å². The van der Waals surface area contributed by atoms with Crippen LogP contribution >= 0.6 is 0 Å². The van der Waals surface area contributed by atoms with Gasteiger partial charge in [-0.05, 0) is 32.0 Å². The molecule has 2 aromatic rings. The highest BCUT2D eigenvalue weighted by atomic mass is 19.1. The van der Waals surface area contributed by atoms with Gasteiger partial charge in [-0.1, -0.05) is 6.07 Å². The average Bonchev–Trinajstić information content (AvgIpc) is 2.40. The Morgan fingerprint density at radius 2 is 1.95 bits per heavy atom. The summed E-state index contributed by atoms with van der Waals surface area (Å²) in [5.74, 6) is 1.96. The highest BCUT2D eigenvalue weighted by Gasteiger charge is 2.13. The van der Waals surface area contributed by atoms with E-state index >= 15 is 0 Å². The quantitative estimate of drug-likeness (QED) is 0.921. The summed E-state index contributed by atoms with van der Waals surface area (Å²) in [6.07, 6.45) is 0. The van der Waals surface area contributed by atoms with Gasteiger partial charge in [0.05, 0.1) is 0 Å². The highest BCUT2D eigenvalue weighted by molar-refractivity contribution is 5.66. The molecule has 0 unspecified atom stereocenters. The number of hydrogen-bond donors (Lipinski definition) is 1. The lowest BCUT2D eigenvalue weighted by atomic mass is 10.2. The maximum absolute atomic E-state index is 13.3. The summed E-state index contributed by atoms with van der Waals surface area (Å²) in [5, 5.41) is 3.04. The third-order valence-electron chi connectivity index (χ3n) is 2.98. The van der Waals surface area contributed by atoms with Crippen molar-refractivity contribution in [3.8, 4) is 0 Å². The van der Waals surface area contributed by atoms with Crippen LogP contribution in [0.1, 0.15) is 11.4 Å². The van der Waals surface area contributed by atoms with Crippen LogP contribution in [0.2, 0.25) is 0 Å². The van der Waals surface area contributed by atoms with E-state index in [1.165, 1.54) is 12.1 Å². The lowest BCUT2D eigenvalue weighted by Gasteiger charge is -2.22. The number of anilines is 3. The smallest absolute Gasteiger partial charge is 0.141 e. The van der Waals surface area contributed by atoms with Crippen LogP contribution in [-0.2, 0) is 0 Å². The molecule has 0 saturated carbocycles. The zero-order valence-electron chi connectivity index (χ0n) is 11.5. The summed E-state index contributed by atoms with van der Waals surface area (Å²) in [7, 11) is 3.68. The van der Waals surface area contributed by atoms with E-state index in [4.69, 9.17) is 0 Å². The van der Waals surface area contributed by atoms with E-state index in [0.29, 0.717) is 5.82 Å². The van der Waals surface area contributed by atoms with Crippen molar-refractivity contribution in [1.82, 2.24) is 9.97 Å². The first-order valence-corrected chi connectivity index (χ1v) is 6.05. The van der Waals surface area contributed by atoms with Gasteiger partial charge in [0, 0.05) is 25.3 Å². The molecule has 5 heteroatoms. The second kappa shape index (κ2) is 5.22. The fourth-order valence-corrected chi connectivity index (χ4v) is 1.99. The third-order valence-corrected chi connectivity index (χ3v) is 2.98. The second-order valence-electron chi connectivity index (χ2n) is 4.36. The van der Waals surface area contributed by atoms with Gasteiger partial charge in [0.25, 0.3) is 0 Å². The molecule has 0 aliphatic rings. The maximum atomic E-state index is 13.3. The van der Waals surface area contributed by atoms with E-state index in [-0.39, 0.29) is 5.82 Å². The summed E-state index contributed by atoms with van der Waals surface area (Å²) in [4.78, 5) is 10.6. The van der Waals surface area contributed by atoms with Crippen molar-refractivity contribution in [2.75, 3.05) is 24.3 Å². The highest BCUT2D eigenvalue weighted by Crippen LogP contribution is 2.28. The number of aromatic nitrogens is 2. The predicted molar refractivity (Wildman–Crippen MR) is 75.5 cm³/mol. The fraction of sp³-hybridized carbons (Fsp3) is 0.286. The first kappa shape index (κ1) is 13.3. The molecule has 0 amide bonds. The monoisotopic (exact) mass is 260 g/mol. The topological polar surface area (TPSA) is 41.1 Å². The molecule has 0 fully saturated rings. The van der Waals surface area contributed by atoms with Gasteiger partial charge in [-0.15, -0.1) is 0 Å². The lowest BCUT2D eigenvalue weighted by molar-refractivity contribution is 0.628. The molecule has 1 N–H and O–H groups in total. The van der Waals surface area contributed by atoms with Gasteiger partial charge in [-0.2, -0.15) is 0 Å². The second-order valence-corrected chi connectivity index (χ2v) is 4.36. The molecular weight excluding hydrogens is 243 g/mol. The van der Waals surface area contributed by atoms with Crippen LogP contribution in [0.15, 0.2) is 24.3 Å². The van der Waals surface area contributed by atoms with E-state index in [2.05, 4.69) is 15.3 Å². The Labute approximate surface area is 112 Å². The molecule has 19 heavy (non-hydrogen) atoms. The zero-order chi connectivity index (χ0) is 14.0. The van der Waals surface area contributed by atoms with Crippen LogP contribution in [0.3, 0.4) is 0 Å². The molecule has 0 bridgehead atoms. The van der Waals surface area contributed by atoms with Crippen LogP contribution in [0.5, 0.6) is 0 Å². The predicted octanol–water partition coefficient (Wildman–Crippen LogP) is 3.04. The Bertz CT molecular complexity index is 598. The van der Waals surface area contributed by atoms with Crippen LogP contribution in [0.4, 0.5) is 21.7 Å². The number of halogens is 1. The van der Waals surface area contributed by atoms with Crippen molar-refractivity contribution < 1.29 is 4.39 Å². The largest absolute Gasteiger partial charge is 0.373 e. The minimum atomic E-state index is -0.262. The minimum Gasteiger partial charge on any atom is -0.373 e. The van der Waals surface area contributed by atoms with Gasteiger partial charge in [0.15, 0.2) is 0 Å². The van der Waals surface area contributed by atoms with Crippen molar-refractivity contribution >= 4 is 17.3 Å². The molecular formula is C14H17FN4. The van der Waals surface area contributed by atoms with Crippen molar-refractivity contribution in [1.29, 1.82) is 0 Å². The Morgan fingerprint density at radius 3 is 2.58 bits per heavy atom. The van der Waals surface area contributed by atoms with E-state index in [1.807, 2.05) is 38.9 Å². The minimum absolute atomic E-state index is 0.262. The number of nitrogens with one attached hydrogen (secondary N) is 1. The molecule has 1 aromatic heterocycles. The standard InChI is InChI=1S/C14H17FN4/c1-9-13(16-3)17-10(2)18-14(9)19(4)12-7-5-6-11(15)8-12/h5-8H,1-4H3,(H,16,17,18). The summed E-state index contributed by atoms with van der Waals surface area (Å²) in [6, 6.07) is 6.44. The van der Waals surface area contributed by atoms with Gasteiger partial charge in [-0.3, -0.25) is 0 Å². The van der Waals surface area contributed by atoms with Crippen molar-refractivity contribution in [2.24, 2.45) is 0 Å². The Kier molecular flexibility index (Phi) is 3.64. The number of benzene rings is 1. The average molecular weight is 260 g/mol. The lowest BCUT2D eigenvalue weighted by Crippen LogP contribution is -2.15.